The van der Waals surface area contributed by atoms with Gasteiger partial charge in [-0.2, -0.15) is 12.8 Å². The number of halogens is 1. The van der Waals surface area contributed by atoms with Crippen LogP contribution in [0.5, 0.6) is 0 Å². The van der Waals surface area contributed by atoms with Gasteiger partial charge in [-0.15, -0.1) is 0 Å². The highest BCUT2D eigenvalue weighted by molar-refractivity contribution is 7.85. The second-order valence-electron chi connectivity index (χ2n) is 4.92. The summed E-state index contributed by atoms with van der Waals surface area (Å²) in [5.41, 5.74) is 0.434. The molecule has 0 amide bonds. The predicted octanol–water partition coefficient (Wildman–Crippen LogP) is 1.76. The second kappa shape index (κ2) is 7.54. The molecular weight excluding hydrogens is 339 g/mol. The van der Waals surface area contributed by atoms with E-state index in [1.54, 1.807) is 37.3 Å². The quantitative estimate of drug-likeness (QED) is 0.555. The van der Waals surface area contributed by atoms with Crippen molar-refractivity contribution in [1.29, 1.82) is 0 Å². The highest BCUT2D eigenvalue weighted by Crippen LogP contribution is 2.23. The zero-order valence-electron chi connectivity index (χ0n) is 13.2. The van der Waals surface area contributed by atoms with E-state index in [0.29, 0.717) is 5.56 Å². The van der Waals surface area contributed by atoms with Gasteiger partial charge in [0, 0.05) is 0 Å². The molecule has 0 aliphatic rings. The minimum absolute atomic E-state index is 0.113. The van der Waals surface area contributed by atoms with Crippen LogP contribution in [0.2, 0.25) is 0 Å². The van der Waals surface area contributed by atoms with Crippen molar-refractivity contribution < 1.29 is 26.5 Å². The van der Waals surface area contributed by atoms with Crippen LogP contribution in [0.4, 0.5) is 4.39 Å². The minimum atomic E-state index is -3.75. The van der Waals surface area contributed by atoms with Gasteiger partial charge >= 0.3 is 5.97 Å². The minimum Gasteiger partial charge on any atom is -0.461 e. The lowest BCUT2D eigenvalue weighted by molar-refractivity contribution is 0.0508. The topological polar surface area (TPSA) is 87.5 Å². The Balaban J connectivity index is 2.48. The van der Waals surface area contributed by atoms with Crippen LogP contribution in [-0.2, 0) is 19.0 Å². The average molecular weight is 356 g/mol. The third-order valence-electron chi connectivity index (χ3n) is 3.17. The van der Waals surface area contributed by atoms with Crippen LogP contribution in [0.1, 0.15) is 29.0 Å². The van der Waals surface area contributed by atoms with Gasteiger partial charge in [0.05, 0.1) is 31.7 Å². The van der Waals surface area contributed by atoms with Crippen molar-refractivity contribution in [2.24, 2.45) is 0 Å². The maximum atomic E-state index is 14.2. The van der Waals surface area contributed by atoms with E-state index >= 15 is 0 Å². The third-order valence-corrected chi connectivity index (χ3v) is 3.74. The Hall–Kier alpha value is -2.26. The molecular formula is C15H17FN2O5S. The van der Waals surface area contributed by atoms with Crippen molar-refractivity contribution in [1.82, 2.24) is 9.55 Å². The lowest BCUT2D eigenvalue weighted by atomic mass is 10.1. The summed E-state index contributed by atoms with van der Waals surface area (Å²) < 4.78 is 47.5. The molecule has 0 aliphatic heterocycles. The van der Waals surface area contributed by atoms with Gasteiger partial charge in [-0.05, 0) is 12.5 Å². The fraction of sp³-hybridized carbons (Fsp3) is 0.333. The molecule has 0 aliphatic carbocycles. The summed E-state index contributed by atoms with van der Waals surface area (Å²) in [5.74, 6) is -0.755. The van der Waals surface area contributed by atoms with E-state index in [1.165, 1.54) is 0 Å². The first-order valence-electron chi connectivity index (χ1n) is 7.12. The van der Waals surface area contributed by atoms with Crippen LogP contribution in [0.3, 0.4) is 0 Å². The molecule has 1 heterocycles. The molecule has 130 valence electrons. The molecule has 1 aromatic heterocycles. The zero-order valence-corrected chi connectivity index (χ0v) is 14.0. The van der Waals surface area contributed by atoms with Gasteiger partial charge in [-0.1, -0.05) is 30.3 Å². The standard InChI is InChI=1S/C15H17FN2O5S/c1-3-22-14(19)12-9-17-15(16)18(12)13(10-23-24(2,20)21)11-7-5-4-6-8-11/h4-9,13H,3,10H2,1-2H3. The van der Waals surface area contributed by atoms with Crippen LogP contribution < -0.4 is 0 Å². The first-order chi connectivity index (χ1) is 11.3. The van der Waals surface area contributed by atoms with Crippen molar-refractivity contribution in [2.75, 3.05) is 19.5 Å². The van der Waals surface area contributed by atoms with Crippen molar-refractivity contribution in [3.05, 3.63) is 53.9 Å². The molecule has 1 aromatic carbocycles. The molecule has 24 heavy (non-hydrogen) atoms. The Labute approximate surface area is 139 Å². The normalized spacial score (nSPS) is 12.8. The Morgan fingerprint density at radius 2 is 2.00 bits per heavy atom. The van der Waals surface area contributed by atoms with Crippen LogP contribution in [0, 0.1) is 6.08 Å². The Bertz CT molecular complexity index is 805. The van der Waals surface area contributed by atoms with Gasteiger partial charge in [0.15, 0.2) is 0 Å². The maximum absolute atomic E-state index is 14.2. The van der Waals surface area contributed by atoms with E-state index in [4.69, 9.17) is 8.92 Å². The van der Waals surface area contributed by atoms with E-state index in [9.17, 15) is 17.6 Å². The summed E-state index contributed by atoms with van der Waals surface area (Å²) in [7, 11) is -3.75. The number of carbonyl (C=O) groups excluding carboxylic acids is 1. The maximum Gasteiger partial charge on any atom is 0.356 e. The van der Waals surface area contributed by atoms with E-state index in [0.717, 1.165) is 17.0 Å². The number of esters is 1. The summed E-state index contributed by atoms with van der Waals surface area (Å²) >= 11 is 0. The zero-order chi connectivity index (χ0) is 17.7. The van der Waals surface area contributed by atoms with Crippen molar-refractivity contribution in [3.8, 4) is 0 Å². The average Bonchev–Trinajstić information content (AvgIpc) is 2.90. The number of ether oxygens (including phenoxy) is 1. The molecule has 0 saturated heterocycles. The molecule has 2 aromatic rings. The Kier molecular flexibility index (Phi) is 5.68. The summed E-state index contributed by atoms with van der Waals surface area (Å²) in [6.07, 6.45) is 0.999. The summed E-state index contributed by atoms with van der Waals surface area (Å²) in [5, 5.41) is 0. The summed E-state index contributed by atoms with van der Waals surface area (Å²) in [6.45, 7) is 1.35. The number of hydrogen-bond acceptors (Lipinski definition) is 6. The number of rotatable bonds is 7. The SMILES string of the molecule is CCOC(=O)c1cnc(F)n1C(COS(C)(=O)=O)c1ccccc1. The van der Waals surface area contributed by atoms with Gasteiger partial charge in [0.2, 0.25) is 0 Å². The first-order valence-corrected chi connectivity index (χ1v) is 8.94. The van der Waals surface area contributed by atoms with Gasteiger partial charge in [0.1, 0.15) is 5.69 Å². The lowest BCUT2D eigenvalue weighted by Gasteiger charge is -2.20. The highest BCUT2D eigenvalue weighted by atomic mass is 32.2. The Morgan fingerprint density at radius 3 is 2.58 bits per heavy atom. The third kappa shape index (κ3) is 4.39. The number of carbonyl (C=O) groups is 1. The second-order valence-corrected chi connectivity index (χ2v) is 6.56. The van der Waals surface area contributed by atoms with Gasteiger partial charge < -0.3 is 4.74 Å². The number of aromatic nitrogens is 2. The van der Waals surface area contributed by atoms with Crippen molar-refractivity contribution in [2.45, 2.75) is 13.0 Å². The highest BCUT2D eigenvalue weighted by Gasteiger charge is 2.26. The van der Waals surface area contributed by atoms with Crippen LogP contribution in [-0.4, -0.2) is 43.4 Å². The number of hydrogen-bond donors (Lipinski definition) is 0. The van der Waals surface area contributed by atoms with Crippen molar-refractivity contribution in [3.63, 3.8) is 0 Å². The van der Waals surface area contributed by atoms with Crippen molar-refractivity contribution >= 4 is 16.1 Å². The van der Waals surface area contributed by atoms with Gasteiger partial charge in [-0.3, -0.25) is 8.75 Å². The van der Waals surface area contributed by atoms with E-state index in [-0.39, 0.29) is 18.9 Å². The molecule has 0 N–H and O–H groups in total. The summed E-state index contributed by atoms with van der Waals surface area (Å²) in [4.78, 5) is 15.5. The fourth-order valence-corrected chi connectivity index (χ4v) is 2.55. The lowest BCUT2D eigenvalue weighted by Crippen LogP contribution is -2.24. The molecule has 0 saturated carbocycles. The number of nitrogens with zero attached hydrogens (tertiary/aromatic N) is 2. The van der Waals surface area contributed by atoms with E-state index in [2.05, 4.69) is 4.98 Å². The fourth-order valence-electron chi connectivity index (χ4n) is 2.17. The molecule has 1 unspecified atom stereocenters. The van der Waals surface area contributed by atoms with E-state index in [1.807, 2.05) is 0 Å². The molecule has 7 nitrogen and oxygen atoms in total. The van der Waals surface area contributed by atoms with Crippen LogP contribution in [0.25, 0.3) is 0 Å². The molecule has 0 fully saturated rings. The number of benzene rings is 1. The predicted molar refractivity (Wildman–Crippen MR) is 83.5 cm³/mol. The molecule has 2 rings (SSSR count). The molecule has 0 spiro atoms. The monoisotopic (exact) mass is 356 g/mol. The Morgan fingerprint density at radius 1 is 1.33 bits per heavy atom. The van der Waals surface area contributed by atoms with Gasteiger partial charge in [0.25, 0.3) is 16.2 Å². The number of imidazole rings is 1. The smallest absolute Gasteiger partial charge is 0.356 e. The molecule has 0 radical (unpaired) electrons. The van der Waals surface area contributed by atoms with Crippen LogP contribution >= 0.6 is 0 Å². The van der Waals surface area contributed by atoms with Gasteiger partial charge in [-0.25, -0.2) is 9.78 Å². The first kappa shape index (κ1) is 18.1. The summed E-state index contributed by atoms with van der Waals surface area (Å²) in [6, 6.07) is 7.62. The largest absolute Gasteiger partial charge is 0.461 e. The molecule has 1 atom stereocenters. The van der Waals surface area contributed by atoms with Crippen LogP contribution in [0.15, 0.2) is 36.5 Å². The molecule has 0 bridgehead atoms. The van der Waals surface area contributed by atoms with E-state index < -0.39 is 28.2 Å². The molecule has 9 heteroatoms.